The topological polar surface area (TPSA) is 42.4 Å². The van der Waals surface area contributed by atoms with Crippen LogP contribution in [0, 0.1) is 0 Å². The van der Waals surface area contributed by atoms with E-state index >= 15 is 0 Å². The summed E-state index contributed by atoms with van der Waals surface area (Å²) in [6.45, 7) is 0. The van der Waals surface area contributed by atoms with Gasteiger partial charge in [0.25, 0.3) is 5.91 Å². The number of hydrogen-bond donors (Lipinski definition) is 0. The third-order valence-corrected chi connectivity index (χ3v) is 2.79. The number of benzene rings is 1. The maximum atomic E-state index is 11.9. The number of fused-ring (bicyclic) bond motifs is 1. The summed E-state index contributed by atoms with van der Waals surface area (Å²) in [5, 5.41) is 2.47. The molecule has 2 aromatic rings. The van der Waals surface area contributed by atoms with Crippen LogP contribution in [0.2, 0.25) is 5.02 Å². The van der Waals surface area contributed by atoms with E-state index in [4.69, 9.17) is 16.4 Å². The monoisotopic (exact) mass is 250 g/mol. The van der Waals surface area contributed by atoms with Crippen LogP contribution in [-0.2, 0) is 4.84 Å². The van der Waals surface area contributed by atoms with Crippen LogP contribution in [-0.4, -0.2) is 30.1 Å². The molecule has 0 spiro atoms. The van der Waals surface area contributed by atoms with Gasteiger partial charge in [-0.3, -0.25) is 14.6 Å². The molecule has 1 amide bonds. The molecule has 88 valence electrons. The lowest BCUT2D eigenvalue weighted by atomic mass is 10.1. The van der Waals surface area contributed by atoms with E-state index in [0.29, 0.717) is 16.1 Å². The Bertz CT molecular complexity index is 571. The highest BCUT2D eigenvalue weighted by Gasteiger charge is 2.13. The number of hydrogen-bond acceptors (Lipinski definition) is 3. The van der Waals surface area contributed by atoms with E-state index in [1.807, 2.05) is 6.07 Å². The molecule has 0 saturated heterocycles. The number of carbonyl (C=O) groups is 1. The molecule has 2 rings (SSSR count). The minimum atomic E-state index is -0.262. The number of pyridine rings is 1. The lowest BCUT2D eigenvalue weighted by molar-refractivity contribution is -0.0756. The van der Waals surface area contributed by atoms with Crippen LogP contribution in [0.3, 0.4) is 0 Å². The number of carbonyl (C=O) groups excluding carboxylic acids is 1. The summed E-state index contributed by atoms with van der Waals surface area (Å²) < 4.78 is 0. The van der Waals surface area contributed by atoms with Crippen LogP contribution in [0.1, 0.15) is 10.4 Å². The fraction of sp³-hybridized carbons (Fsp3) is 0.167. The van der Waals surface area contributed by atoms with Crippen LogP contribution < -0.4 is 0 Å². The van der Waals surface area contributed by atoms with Crippen molar-refractivity contribution in [1.29, 1.82) is 0 Å². The lowest BCUT2D eigenvalue weighted by Crippen LogP contribution is -2.25. The Morgan fingerprint density at radius 3 is 2.94 bits per heavy atom. The number of nitrogens with zero attached hydrogens (tertiary/aromatic N) is 2. The van der Waals surface area contributed by atoms with Gasteiger partial charge in [-0.1, -0.05) is 11.6 Å². The van der Waals surface area contributed by atoms with Gasteiger partial charge in [-0.2, -0.15) is 0 Å². The molecular formula is C12H11ClN2O2. The van der Waals surface area contributed by atoms with Crippen molar-refractivity contribution in [3.8, 4) is 0 Å². The van der Waals surface area contributed by atoms with E-state index in [2.05, 4.69) is 4.98 Å². The second kappa shape index (κ2) is 4.69. The van der Waals surface area contributed by atoms with Crippen molar-refractivity contribution in [3.63, 3.8) is 0 Å². The average molecular weight is 251 g/mol. The second-order valence-corrected chi connectivity index (χ2v) is 3.92. The molecular weight excluding hydrogens is 240 g/mol. The summed E-state index contributed by atoms with van der Waals surface area (Å²) in [6.07, 6.45) is 1.66. The molecule has 0 radical (unpaired) electrons. The van der Waals surface area contributed by atoms with Gasteiger partial charge in [-0.05, 0) is 24.3 Å². The van der Waals surface area contributed by atoms with E-state index in [-0.39, 0.29) is 5.91 Å². The summed E-state index contributed by atoms with van der Waals surface area (Å²) in [5.41, 5.74) is 1.14. The van der Waals surface area contributed by atoms with Crippen molar-refractivity contribution in [1.82, 2.24) is 10.0 Å². The molecule has 0 aliphatic rings. The van der Waals surface area contributed by atoms with Crippen LogP contribution in [0.25, 0.3) is 10.9 Å². The Hall–Kier alpha value is -1.65. The molecule has 0 fully saturated rings. The normalized spacial score (nSPS) is 10.5. The van der Waals surface area contributed by atoms with Crippen molar-refractivity contribution in [3.05, 3.63) is 41.0 Å². The van der Waals surface area contributed by atoms with Crippen molar-refractivity contribution in [2.24, 2.45) is 0 Å². The zero-order valence-corrected chi connectivity index (χ0v) is 10.2. The van der Waals surface area contributed by atoms with Gasteiger partial charge in [0, 0.05) is 24.2 Å². The molecule has 1 aromatic heterocycles. The Labute approximate surface area is 104 Å². The van der Waals surface area contributed by atoms with Gasteiger partial charge in [0.2, 0.25) is 0 Å². The van der Waals surface area contributed by atoms with Crippen LogP contribution in [0.15, 0.2) is 30.5 Å². The van der Waals surface area contributed by atoms with Crippen molar-refractivity contribution in [2.75, 3.05) is 14.2 Å². The lowest BCUT2D eigenvalue weighted by Gasteiger charge is -2.14. The van der Waals surface area contributed by atoms with Crippen LogP contribution in [0.5, 0.6) is 0 Å². The van der Waals surface area contributed by atoms with Gasteiger partial charge in [-0.25, -0.2) is 5.06 Å². The number of aromatic nitrogens is 1. The summed E-state index contributed by atoms with van der Waals surface area (Å²) in [7, 11) is 2.97. The third kappa shape index (κ3) is 2.23. The molecule has 5 heteroatoms. The molecule has 17 heavy (non-hydrogen) atoms. The molecule has 0 saturated carbocycles. The maximum absolute atomic E-state index is 11.9. The van der Waals surface area contributed by atoms with Gasteiger partial charge in [-0.15, -0.1) is 0 Å². The summed E-state index contributed by atoms with van der Waals surface area (Å²) in [6, 6.07) is 6.97. The second-order valence-electron chi connectivity index (χ2n) is 3.51. The standard InChI is InChI=1S/C12H11ClN2O2/c1-15(17-2)12(16)8-6-10(13)9-4-3-5-14-11(9)7-8/h3-7H,1-2H3. The fourth-order valence-electron chi connectivity index (χ4n) is 1.53. The maximum Gasteiger partial charge on any atom is 0.277 e. The number of amides is 1. The number of rotatable bonds is 2. The first-order valence-corrected chi connectivity index (χ1v) is 5.37. The molecule has 0 atom stereocenters. The zero-order valence-electron chi connectivity index (χ0n) is 9.48. The predicted octanol–water partition coefficient (Wildman–Crippen LogP) is 2.52. The largest absolute Gasteiger partial charge is 0.277 e. The summed E-state index contributed by atoms with van der Waals surface area (Å²) in [4.78, 5) is 20.9. The first kappa shape index (κ1) is 11.8. The summed E-state index contributed by atoms with van der Waals surface area (Å²) in [5.74, 6) is -0.262. The molecule has 1 aromatic carbocycles. The first-order valence-electron chi connectivity index (χ1n) is 5.00. The predicted molar refractivity (Wildman–Crippen MR) is 65.9 cm³/mol. The van der Waals surface area contributed by atoms with Gasteiger partial charge >= 0.3 is 0 Å². The molecule has 0 aliphatic heterocycles. The van der Waals surface area contributed by atoms with Crippen LogP contribution >= 0.6 is 11.6 Å². The Kier molecular flexibility index (Phi) is 3.26. The SMILES string of the molecule is CON(C)C(=O)c1cc(Cl)c2cccnc2c1. The molecule has 0 N–H and O–H groups in total. The average Bonchev–Trinajstić information content (AvgIpc) is 2.37. The quantitative estimate of drug-likeness (QED) is 0.769. The van der Waals surface area contributed by atoms with Crippen molar-refractivity contribution in [2.45, 2.75) is 0 Å². The molecule has 4 nitrogen and oxygen atoms in total. The zero-order chi connectivity index (χ0) is 12.4. The van der Waals surface area contributed by atoms with Gasteiger partial charge in [0.1, 0.15) is 0 Å². The van der Waals surface area contributed by atoms with Gasteiger partial charge < -0.3 is 0 Å². The molecule has 0 unspecified atom stereocenters. The molecule has 0 bridgehead atoms. The number of hydroxylamine groups is 2. The Morgan fingerprint density at radius 2 is 2.24 bits per heavy atom. The minimum Gasteiger partial charge on any atom is -0.274 e. The summed E-state index contributed by atoms with van der Waals surface area (Å²) >= 11 is 6.10. The highest BCUT2D eigenvalue weighted by atomic mass is 35.5. The Morgan fingerprint density at radius 1 is 1.47 bits per heavy atom. The van der Waals surface area contributed by atoms with Gasteiger partial charge in [0.15, 0.2) is 0 Å². The number of halogens is 1. The van der Waals surface area contributed by atoms with E-state index < -0.39 is 0 Å². The Balaban J connectivity index is 2.54. The van der Waals surface area contributed by atoms with E-state index in [1.54, 1.807) is 31.4 Å². The molecule has 1 heterocycles. The highest BCUT2D eigenvalue weighted by Crippen LogP contribution is 2.24. The highest BCUT2D eigenvalue weighted by molar-refractivity contribution is 6.35. The molecule has 0 aliphatic carbocycles. The van der Waals surface area contributed by atoms with E-state index in [0.717, 1.165) is 10.4 Å². The third-order valence-electron chi connectivity index (χ3n) is 2.48. The first-order chi connectivity index (χ1) is 8.13. The van der Waals surface area contributed by atoms with Gasteiger partial charge in [0.05, 0.1) is 17.6 Å². The fourth-order valence-corrected chi connectivity index (χ4v) is 1.80. The van der Waals surface area contributed by atoms with Crippen molar-refractivity contribution < 1.29 is 9.63 Å². The smallest absolute Gasteiger partial charge is 0.274 e. The minimum absolute atomic E-state index is 0.262. The van der Waals surface area contributed by atoms with E-state index in [1.165, 1.54) is 7.11 Å². The van der Waals surface area contributed by atoms with Crippen LogP contribution in [0.4, 0.5) is 0 Å². The van der Waals surface area contributed by atoms with Crippen molar-refractivity contribution >= 4 is 28.4 Å². The van der Waals surface area contributed by atoms with E-state index in [9.17, 15) is 4.79 Å².